The molecule has 1 aromatic rings. The first-order valence-electron chi connectivity index (χ1n) is 11.9. The van der Waals surface area contributed by atoms with Gasteiger partial charge in [-0.3, -0.25) is 4.79 Å². The number of piperidine rings is 2. The third-order valence-corrected chi connectivity index (χ3v) is 7.38. The fourth-order valence-electron chi connectivity index (χ4n) is 5.64. The zero-order chi connectivity index (χ0) is 21.8. The topological polar surface area (TPSA) is 85.2 Å². The van der Waals surface area contributed by atoms with Crippen molar-refractivity contribution in [2.45, 2.75) is 69.9 Å². The molecule has 6 heteroatoms. The SMILES string of the molecule is CCNC(=O)N1CCC(c2ccc(C[C@@H](C#N)CC(=O)[C@H]3N[C@@H]4CC[C@H]3C4)cc2)CC1. The van der Waals surface area contributed by atoms with E-state index in [1.807, 2.05) is 11.8 Å². The Bertz CT molecular complexity index is 823. The van der Waals surface area contributed by atoms with Gasteiger partial charge in [-0.2, -0.15) is 5.26 Å². The van der Waals surface area contributed by atoms with E-state index in [1.165, 1.54) is 12.0 Å². The van der Waals surface area contributed by atoms with Gasteiger partial charge >= 0.3 is 6.03 Å². The summed E-state index contributed by atoms with van der Waals surface area (Å²) in [6.45, 7) is 4.17. The summed E-state index contributed by atoms with van der Waals surface area (Å²) in [6.07, 6.45) is 6.38. The highest BCUT2D eigenvalue weighted by Gasteiger charge is 2.42. The maximum atomic E-state index is 12.7. The summed E-state index contributed by atoms with van der Waals surface area (Å²) in [4.78, 5) is 26.6. The van der Waals surface area contributed by atoms with E-state index in [0.29, 0.717) is 37.3 Å². The van der Waals surface area contributed by atoms with Crippen molar-refractivity contribution in [3.63, 3.8) is 0 Å². The highest BCUT2D eigenvalue weighted by atomic mass is 16.2. The van der Waals surface area contributed by atoms with Crippen LogP contribution >= 0.6 is 0 Å². The molecule has 31 heavy (non-hydrogen) atoms. The number of benzene rings is 1. The van der Waals surface area contributed by atoms with Crippen molar-refractivity contribution >= 4 is 11.8 Å². The zero-order valence-corrected chi connectivity index (χ0v) is 18.5. The first kappa shape index (κ1) is 21.8. The van der Waals surface area contributed by atoms with Crippen LogP contribution in [-0.4, -0.2) is 48.4 Å². The van der Waals surface area contributed by atoms with E-state index in [2.05, 4.69) is 41.0 Å². The lowest BCUT2D eigenvalue weighted by molar-refractivity contribution is -0.122. The summed E-state index contributed by atoms with van der Waals surface area (Å²) in [7, 11) is 0. The summed E-state index contributed by atoms with van der Waals surface area (Å²) in [5.41, 5.74) is 2.42. The van der Waals surface area contributed by atoms with Gasteiger partial charge in [0, 0.05) is 32.1 Å². The molecule has 0 spiro atoms. The van der Waals surface area contributed by atoms with Crippen LogP contribution in [0.2, 0.25) is 0 Å². The summed E-state index contributed by atoms with van der Waals surface area (Å²) < 4.78 is 0. The van der Waals surface area contributed by atoms with Gasteiger partial charge in [0.15, 0.2) is 5.78 Å². The van der Waals surface area contributed by atoms with Crippen LogP contribution in [0.25, 0.3) is 0 Å². The van der Waals surface area contributed by atoms with Crippen LogP contribution in [0.15, 0.2) is 24.3 Å². The Morgan fingerprint density at radius 3 is 2.52 bits per heavy atom. The molecule has 6 nitrogen and oxygen atoms in total. The van der Waals surface area contributed by atoms with Gasteiger partial charge in [0.1, 0.15) is 0 Å². The second kappa shape index (κ2) is 9.82. The van der Waals surface area contributed by atoms with Crippen molar-refractivity contribution < 1.29 is 9.59 Å². The molecule has 1 aliphatic carbocycles. The molecule has 2 aliphatic heterocycles. The molecule has 1 saturated carbocycles. The third-order valence-electron chi connectivity index (χ3n) is 7.38. The zero-order valence-electron chi connectivity index (χ0n) is 18.5. The molecule has 3 aliphatic rings. The minimum absolute atomic E-state index is 0.0257. The van der Waals surface area contributed by atoms with Crippen LogP contribution in [0.3, 0.4) is 0 Å². The van der Waals surface area contributed by atoms with E-state index in [1.54, 1.807) is 0 Å². The number of ketones is 1. The number of likely N-dealkylation sites (tertiary alicyclic amines) is 1. The summed E-state index contributed by atoms with van der Waals surface area (Å²) in [5, 5.41) is 15.9. The lowest BCUT2D eigenvalue weighted by Crippen LogP contribution is -2.44. The predicted octanol–water partition coefficient (Wildman–Crippen LogP) is 3.38. The molecule has 2 bridgehead atoms. The molecule has 0 unspecified atom stereocenters. The lowest BCUT2D eigenvalue weighted by Gasteiger charge is -2.32. The van der Waals surface area contributed by atoms with E-state index in [0.717, 1.165) is 44.3 Å². The van der Waals surface area contributed by atoms with Crippen LogP contribution in [0.5, 0.6) is 0 Å². The van der Waals surface area contributed by atoms with Gasteiger partial charge in [0.05, 0.1) is 18.0 Å². The Labute approximate surface area is 185 Å². The quantitative estimate of drug-likeness (QED) is 0.705. The number of hydrogen-bond acceptors (Lipinski definition) is 4. The standard InChI is InChI=1S/C25H34N4O2/c1-2-27-25(31)29-11-9-20(10-12-29)19-5-3-17(4-6-19)13-18(16-26)14-23(30)24-21-7-8-22(15-21)28-24/h3-6,18,20-22,24,28H,2,7-15H2,1H3,(H,27,31)/t18-,21+,22-,24+/m1/s1. The normalized spacial score (nSPS) is 26.5. The third kappa shape index (κ3) is 5.10. The summed E-state index contributed by atoms with van der Waals surface area (Å²) in [6, 6.07) is 11.4. The minimum Gasteiger partial charge on any atom is -0.338 e. The number of nitrogens with one attached hydrogen (secondary N) is 2. The van der Waals surface area contributed by atoms with Crippen LogP contribution in [0.4, 0.5) is 4.79 Å². The number of Topliss-reactive ketones (excluding diaryl/α,β-unsaturated/α-hetero) is 1. The van der Waals surface area contributed by atoms with Crippen LogP contribution in [0, 0.1) is 23.2 Å². The Morgan fingerprint density at radius 1 is 1.19 bits per heavy atom. The lowest BCUT2D eigenvalue weighted by atomic mass is 9.86. The summed E-state index contributed by atoms with van der Waals surface area (Å²) >= 11 is 0. The van der Waals surface area contributed by atoms with Crippen LogP contribution in [-0.2, 0) is 11.2 Å². The first-order chi connectivity index (χ1) is 15.1. The molecule has 2 heterocycles. The number of amides is 2. The van der Waals surface area contributed by atoms with E-state index in [4.69, 9.17) is 0 Å². The van der Waals surface area contributed by atoms with Crippen molar-refractivity contribution in [3.05, 3.63) is 35.4 Å². The number of nitriles is 1. The Balaban J connectivity index is 1.27. The van der Waals surface area contributed by atoms with Crippen LogP contribution in [0.1, 0.15) is 62.5 Å². The maximum absolute atomic E-state index is 12.7. The van der Waals surface area contributed by atoms with Crippen molar-refractivity contribution in [1.29, 1.82) is 5.26 Å². The van der Waals surface area contributed by atoms with Gasteiger partial charge in [-0.05, 0) is 68.4 Å². The molecule has 1 aromatic carbocycles. The van der Waals surface area contributed by atoms with Crippen molar-refractivity contribution in [3.8, 4) is 6.07 Å². The minimum atomic E-state index is -0.264. The van der Waals surface area contributed by atoms with Gasteiger partial charge in [-0.1, -0.05) is 24.3 Å². The summed E-state index contributed by atoms with van der Waals surface area (Å²) in [5.74, 6) is 0.904. The molecular formula is C25H34N4O2. The van der Waals surface area contributed by atoms with Gasteiger partial charge in [0.25, 0.3) is 0 Å². The molecule has 3 fully saturated rings. The van der Waals surface area contributed by atoms with Gasteiger partial charge in [-0.25, -0.2) is 4.79 Å². The number of hydrogen-bond donors (Lipinski definition) is 2. The number of nitrogens with zero attached hydrogens (tertiary/aromatic N) is 2. The van der Waals surface area contributed by atoms with Crippen LogP contribution < -0.4 is 10.6 Å². The monoisotopic (exact) mass is 422 g/mol. The van der Waals surface area contributed by atoms with E-state index in [9.17, 15) is 14.9 Å². The maximum Gasteiger partial charge on any atom is 0.317 e. The van der Waals surface area contributed by atoms with Gasteiger partial charge in [0.2, 0.25) is 0 Å². The smallest absolute Gasteiger partial charge is 0.317 e. The highest BCUT2D eigenvalue weighted by Crippen LogP contribution is 2.36. The largest absolute Gasteiger partial charge is 0.338 e. The number of carbonyl (C=O) groups excluding carboxylic acids is 2. The average Bonchev–Trinajstić information content (AvgIpc) is 3.43. The first-order valence-corrected chi connectivity index (χ1v) is 11.9. The molecule has 0 aromatic heterocycles. The number of rotatable bonds is 7. The molecule has 166 valence electrons. The van der Waals surface area contributed by atoms with Crippen molar-refractivity contribution in [2.75, 3.05) is 19.6 Å². The number of carbonyl (C=O) groups is 2. The van der Waals surface area contributed by atoms with Gasteiger partial charge < -0.3 is 15.5 Å². The molecular weight excluding hydrogens is 388 g/mol. The predicted molar refractivity (Wildman–Crippen MR) is 120 cm³/mol. The Morgan fingerprint density at radius 2 is 1.94 bits per heavy atom. The second-order valence-corrected chi connectivity index (χ2v) is 9.45. The Hall–Kier alpha value is -2.39. The fourth-order valence-corrected chi connectivity index (χ4v) is 5.64. The molecule has 4 rings (SSSR count). The molecule has 4 atom stereocenters. The Kier molecular flexibility index (Phi) is 6.92. The number of fused-ring (bicyclic) bond motifs is 2. The van der Waals surface area contributed by atoms with E-state index in [-0.39, 0.29) is 23.8 Å². The highest BCUT2D eigenvalue weighted by molar-refractivity contribution is 5.85. The molecule has 0 radical (unpaired) electrons. The number of urea groups is 1. The molecule has 2 N–H and O–H groups in total. The van der Waals surface area contributed by atoms with Crippen molar-refractivity contribution in [2.24, 2.45) is 11.8 Å². The van der Waals surface area contributed by atoms with Gasteiger partial charge in [-0.15, -0.1) is 0 Å². The van der Waals surface area contributed by atoms with Crippen molar-refractivity contribution in [1.82, 2.24) is 15.5 Å². The second-order valence-electron chi connectivity index (χ2n) is 9.45. The molecule has 2 amide bonds. The fraction of sp³-hybridized carbons (Fsp3) is 0.640. The molecule has 2 saturated heterocycles. The van der Waals surface area contributed by atoms with E-state index >= 15 is 0 Å². The van der Waals surface area contributed by atoms with E-state index < -0.39 is 0 Å². The average molecular weight is 423 g/mol.